The Balaban J connectivity index is 7.31. The topological polar surface area (TPSA) is 0 Å². The van der Waals surface area contributed by atoms with E-state index in [1.165, 1.54) is 0 Å². The number of alkyl halides is 18. The van der Waals surface area contributed by atoms with Crippen LogP contribution in [0, 0.1) is 0 Å². The zero-order valence-electron chi connectivity index (χ0n) is 10.8. The van der Waals surface area contributed by atoms with Crippen molar-refractivity contribution in [3.63, 3.8) is 0 Å². The molecule has 1 unspecified atom stereocenters. The van der Waals surface area contributed by atoms with Crippen molar-refractivity contribution in [2.45, 2.75) is 47.9 Å². The standard InChI is InChI=1S/C8F18/c9-1(5(15,16)17,4(13,14)8(24,25)26)3(11,12)2(10,6(18,19)20)7(21,22)23. The fraction of sp³-hybridized carbons (Fsp3) is 1.00. The largest absolute Gasteiger partial charge is 0.457 e. The molecule has 26 heavy (non-hydrogen) atoms. The van der Waals surface area contributed by atoms with E-state index in [9.17, 15) is 79.0 Å². The number of hydrogen-bond acceptors (Lipinski definition) is 0. The van der Waals surface area contributed by atoms with Gasteiger partial charge in [-0.3, -0.25) is 0 Å². The third-order valence-electron chi connectivity index (χ3n) is 2.83. The summed E-state index contributed by atoms with van der Waals surface area (Å²) in [4.78, 5) is 0. The highest BCUT2D eigenvalue weighted by Gasteiger charge is 3.00. The number of halogens is 18. The summed E-state index contributed by atoms with van der Waals surface area (Å²) in [5, 5.41) is 0. The van der Waals surface area contributed by atoms with Crippen molar-refractivity contribution in [1.29, 1.82) is 0 Å². The van der Waals surface area contributed by atoms with Gasteiger partial charge in [-0.15, -0.1) is 0 Å². The van der Waals surface area contributed by atoms with Crippen LogP contribution in [0.3, 0.4) is 0 Å². The Morgan fingerprint density at radius 1 is 0.231 bits per heavy atom. The van der Waals surface area contributed by atoms with Gasteiger partial charge in [0.25, 0.3) is 0 Å². The highest BCUT2D eigenvalue weighted by Crippen LogP contribution is 2.67. The summed E-state index contributed by atoms with van der Waals surface area (Å²) in [5.74, 6) is -17.7. The molecule has 0 rings (SSSR count). The molecule has 0 saturated heterocycles. The van der Waals surface area contributed by atoms with Gasteiger partial charge in [-0.25, -0.2) is 8.78 Å². The van der Waals surface area contributed by atoms with Crippen molar-refractivity contribution in [2.75, 3.05) is 0 Å². The molecule has 0 aliphatic heterocycles. The van der Waals surface area contributed by atoms with Crippen LogP contribution in [0.1, 0.15) is 0 Å². The predicted octanol–water partition coefficient (Wildman–Crippen LogP) is 5.92. The van der Waals surface area contributed by atoms with Crippen LogP contribution in [-0.2, 0) is 0 Å². The first kappa shape index (κ1) is 24.7. The van der Waals surface area contributed by atoms with Crippen LogP contribution in [0.2, 0.25) is 0 Å². The first-order chi connectivity index (χ1) is 10.8. The lowest BCUT2D eigenvalue weighted by Gasteiger charge is -2.46. The maximum atomic E-state index is 13.3. The third kappa shape index (κ3) is 2.82. The Morgan fingerprint density at radius 3 is 0.615 bits per heavy atom. The average molecular weight is 438 g/mol. The van der Waals surface area contributed by atoms with Gasteiger partial charge in [-0.05, 0) is 0 Å². The van der Waals surface area contributed by atoms with Gasteiger partial charge in [0.15, 0.2) is 0 Å². The molecule has 1 atom stereocenters. The van der Waals surface area contributed by atoms with Gasteiger partial charge < -0.3 is 0 Å². The van der Waals surface area contributed by atoms with Gasteiger partial charge in [0.05, 0.1) is 0 Å². The summed E-state index contributed by atoms with van der Waals surface area (Å²) in [6.45, 7) is 0. The summed E-state index contributed by atoms with van der Waals surface area (Å²) < 4.78 is 223. The minimum Gasteiger partial charge on any atom is -0.219 e. The van der Waals surface area contributed by atoms with E-state index in [-0.39, 0.29) is 0 Å². The summed E-state index contributed by atoms with van der Waals surface area (Å²) in [7, 11) is 0. The molecule has 0 N–H and O–H groups in total. The number of hydrogen-bond donors (Lipinski definition) is 0. The first-order valence-corrected chi connectivity index (χ1v) is 5.15. The van der Waals surface area contributed by atoms with Crippen LogP contribution in [-0.4, -0.2) is 47.9 Å². The predicted molar refractivity (Wildman–Crippen MR) is 41.8 cm³/mol. The van der Waals surface area contributed by atoms with Crippen molar-refractivity contribution < 1.29 is 79.0 Å². The molecule has 18 heteroatoms. The molecule has 0 fully saturated rings. The molecular formula is C8F18. The van der Waals surface area contributed by atoms with E-state index in [0.29, 0.717) is 0 Å². The van der Waals surface area contributed by atoms with Gasteiger partial charge in [0.1, 0.15) is 0 Å². The molecular weight excluding hydrogens is 438 g/mol. The Hall–Kier alpha value is -1.26. The van der Waals surface area contributed by atoms with Crippen LogP contribution >= 0.6 is 0 Å². The van der Waals surface area contributed by atoms with E-state index in [2.05, 4.69) is 0 Å². The minimum atomic E-state index is -9.08. The lowest BCUT2D eigenvalue weighted by Crippen LogP contribution is -2.80. The Morgan fingerprint density at radius 2 is 0.462 bits per heavy atom. The Labute approximate surface area is 128 Å². The quantitative estimate of drug-likeness (QED) is 0.480. The van der Waals surface area contributed by atoms with Crippen LogP contribution in [0.5, 0.6) is 0 Å². The second kappa shape index (κ2) is 5.62. The van der Waals surface area contributed by atoms with Crippen molar-refractivity contribution in [1.82, 2.24) is 0 Å². The van der Waals surface area contributed by atoms with Crippen molar-refractivity contribution in [3.8, 4) is 0 Å². The van der Waals surface area contributed by atoms with E-state index in [1.54, 1.807) is 0 Å². The normalized spacial score (nSPS) is 18.7. The van der Waals surface area contributed by atoms with Gasteiger partial charge >= 0.3 is 47.9 Å². The van der Waals surface area contributed by atoms with Crippen LogP contribution in [0.15, 0.2) is 0 Å². The van der Waals surface area contributed by atoms with Gasteiger partial charge in [0, 0.05) is 0 Å². The van der Waals surface area contributed by atoms with E-state index in [0.717, 1.165) is 0 Å². The zero-order valence-corrected chi connectivity index (χ0v) is 10.8. The second-order valence-corrected chi connectivity index (χ2v) is 4.46. The molecule has 0 nitrogen and oxygen atoms in total. The Bertz CT molecular complexity index is 497. The first-order valence-electron chi connectivity index (χ1n) is 5.15. The molecule has 0 aromatic rings. The maximum absolute atomic E-state index is 13.3. The molecule has 0 heterocycles. The fourth-order valence-corrected chi connectivity index (χ4v) is 1.50. The SMILES string of the molecule is FC(F)(F)C(F)(F)C(F)(C(F)(F)F)C(F)(F)C(F)(C(F)(F)F)C(F)(F)F. The summed E-state index contributed by atoms with van der Waals surface area (Å²) >= 11 is 0. The van der Waals surface area contributed by atoms with E-state index >= 15 is 0 Å². The average Bonchev–Trinajstić information content (AvgIpc) is 2.30. The molecule has 0 aromatic heterocycles. The van der Waals surface area contributed by atoms with E-state index in [1.807, 2.05) is 0 Å². The molecule has 158 valence electrons. The molecule has 0 aromatic carbocycles. The molecule has 0 aliphatic rings. The van der Waals surface area contributed by atoms with Crippen molar-refractivity contribution in [3.05, 3.63) is 0 Å². The zero-order chi connectivity index (χ0) is 22.0. The lowest BCUT2D eigenvalue weighted by molar-refractivity contribution is -0.478. The van der Waals surface area contributed by atoms with Gasteiger partial charge in [-0.2, -0.15) is 70.2 Å². The summed E-state index contributed by atoms with van der Waals surface area (Å²) in [6.07, 6.45) is -33.1. The van der Waals surface area contributed by atoms with Crippen molar-refractivity contribution >= 4 is 0 Å². The molecule has 0 bridgehead atoms. The fourth-order valence-electron chi connectivity index (χ4n) is 1.50. The summed E-state index contributed by atoms with van der Waals surface area (Å²) in [5.41, 5.74) is -17.8. The van der Waals surface area contributed by atoms with Crippen molar-refractivity contribution in [2.24, 2.45) is 0 Å². The van der Waals surface area contributed by atoms with Gasteiger partial charge in [0.2, 0.25) is 0 Å². The maximum Gasteiger partial charge on any atom is 0.457 e. The monoisotopic (exact) mass is 438 g/mol. The van der Waals surface area contributed by atoms with Gasteiger partial charge in [-0.1, -0.05) is 0 Å². The summed E-state index contributed by atoms with van der Waals surface area (Å²) in [6, 6.07) is 0. The van der Waals surface area contributed by atoms with Crippen LogP contribution < -0.4 is 0 Å². The Kier molecular flexibility index (Phi) is 5.35. The lowest BCUT2D eigenvalue weighted by atomic mass is 9.78. The molecule has 0 aliphatic carbocycles. The third-order valence-corrected chi connectivity index (χ3v) is 2.83. The van der Waals surface area contributed by atoms with Crippen LogP contribution in [0.25, 0.3) is 0 Å². The minimum absolute atomic E-state index is 8.10. The molecule has 0 spiro atoms. The highest BCUT2D eigenvalue weighted by atomic mass is 19.4. The molecule has 0 amide bonds. The van der Waals surface area contributed by atoms with Crippen LogP contribution in [0.4, 0.5) is 79.0 Å². The van der Waals surface area contributed by atoms with E-state index in [4.69, 9.17) is 0 Å². The smallest absolute Gasteiger partial charge is 0.219 e. The van der Waals surface area contributed by atoms with E-state index < -0.39 is 47.9 Å². The number of rotatable bonds is 3. The molecule has 0 radical (unpaired) electrons. The highest BCUT2D eigenvalue weighted by molar-refractivity contribution is 5.22. The second-order valence-electron chi connectivity index (χ2n) is 4.46. The molecule has 0 saturated carbocycles.